The largest absolute Gasteiger partial charge is 0.399 e. The van der Waals surface area contributed by atoms with Crippen LogP contribution < -0.4 is 11.5 Å². The number of aryl methyl sites for hydroxylation is 2. The fourth-order valence-corrected chi connectivity index (χ4v) is 9.03. The third kappa shape index (κ3) is 19.0. The van der Waals surface area contributed by atoms with E-state index in [4.69, 9.17) is 11.5 Å². The van der Waals surface area contributed by atoms with E-state index in [1.807, 2.05) is 0 Å². The Labute approximate surface area is 357 Å². The van der Waals surface area contributed by atoms with Crippen molar-refractivity contribution in [1.82, 2.24) is 0 Å². The van der Waals surface area contributed by atoms with Crippen LogP contribution in [0, 0.1) is 0 Å². The molecule has 318 valence electrons. The van der Waals surface area contributed by atoms with Gasteiger partial charge in [-0.25, -0.2) is 0 Å². The molecule has 2 heteroatoms. The molecule has 0 saturated carbocycles. The Morgan fingerprint density at radius 3 is 0.828 bits per heavy atom. The van der Waals surface area contributed by atoms with Gasteiger partial charge in [0.15, 0.2) is 0 Å². The van der Waals surface area contributed by atoms with Gasteiger partial charge in [0.25, 0.3) is 0 Å². The second-order valence-corrected chi connectivity index (χ2v) is 17.8. The number of unbranched alkanes of at least 4 members (excludes halogenated alkanes) is 21. The zero-order valence-electron chi connectivity index (χ0n) is 37.3. The van der Waals surface area contributed by atoms with Crippen LogP contribution in [0.15, 0.2) is 97.1 Å². The molecule has 0 amide bonds. The zero-order chi connectivity index (χ0) is 40.9. The summed E-state index contributed by atoms with van der Waals surface area (Å²) in [4.78, 5) is 0. The molecule has 0 aromatic heterocycles. The Morgan fingerprint density at radius 2 is 0.534 bits per heavy atom. The summed E-state index contributed by atoms with van der Waals surface area (Å²) in [6, 6.07) is 36.5. The van der Waals surface area contributed by atoms with Crippen LogP contribution >= 0.6 is 0 Å². The molecule has 0 fully saturated rings. The average Bonchev–Trinajstić information content (AvgIpc) is 3.25. The Balaban J connectivity index is 1.09. The van der Waals surface area contributed by atoms with Gasteiger partial charge in [0, 0.05) is 23.2 Å². The highest BCUT2D eigenvalue weighted by atomic mass is 14.5. The number of anilines is 2. The smallest absolute Gasteiger partial charge is 0.0314 e. The van der Waals surface area contributed by atoms with Gasteiger partial charge in [-0.3, -0.25) is 0 Å². The lowest BCUT2D eigenvalue weighted by molar-refractivity contribution is 0.551. The van der Waals surface area contributed by atoms with Gasteiger partial charge < -0.3 is 11.5 Å². The summed E-state index contributed by atoms with van der Waals surface area (Å²) >= 11 is 0. The molecular weight excluding hydrogens is 701 g/mol. The summed E-state index contributed by atoms with van der Waals surface area (Å²) in [6.07, 6.45) is 37.5. The van der Waals surface area contributed by atoms with E-state index < -0.39 is 0 Å². The van der Waals surface area contributed by atoms with E-state index in [9.17, 15) is 0 Å². The van der Waals surface area contributed by atoms with E-state index in [0.717, 1.165) is 11.4 Å². The van der Waals surface area contributed by atoms with Crippen molar-refractivity contribution in [3.63, 3.8) is 0 Å². The average molecular weight is 785 g/mol. The van der Waals surface area contributed by atoms with Crippen molar-refractivity contribution in [3.05, 3.63) is 130 Å². The first kappa shape index (κ1) is 47.2. The topological polar surface area (TPSA) is 52.0 Å². The summed E-state index contributed by atoms with van der Waals surface area (Å²) < 4.78 is 0. The van der Waals surface area contributed by atoms with Crippen molar-refractivity contribution >= 4 is 11.4 Å². The summed E-state index contributed by atoms with van der Waals surface area (Å²) in [5.74, 6) is 0.923. The third-order valence-corrected chi connectivity index (χ3v) is 12.8. The number of hydrogen-bond donors (Lipinski definition) is 2. The maximum Gasteiger partial charge on any atom is 0.0314 e. The fourth-order valence-electron chi connectivity index (χ4n) is 9.03. The molecule has 4 N–H and O–H groups in total. The van der Waals surface area contributed by atoms with Crippen molar-refractivity contribution in [3.8, 4) is 0 Å². The van der Waals surface area contributed by atoms with Crippen LogP contribution in [0.4, 0.5) is 11.4 Å². The van der Waals surface area contributed by atoms with Crippen molar-refractivity contribution in [2.24, 2.45) is 0 Å². The van der Waals surface area contributed by atoms with Gasteiger partial charge in [0.05, 0.1) is 0 Å². The lowest BCUT2D eigenvalue weighted by Gasteiger charge is -2.19. The predicted molar refractivity (Wildman–Crippen MR) is 257 cm³/mol. The minimum Gasteiger partial charge on any atom is -0.399 e. The van der Waals surface area contributed by atoms with Crippen LogP contribution in [-0.4, -0.2) is 0 Å². The molecule has 2 atom stereocenters. The fraction of sp³-hybridized carbons (Fsp3) is 0.571. The number of benzene rings is 4. The quantitative estimate of drug-likeness (QED) is 0.0373. The highest BCUT2D eigenvalue weighted by Gasteiger charge is 2.16. The third-order valence-electron chi connectivity index (χ3n) is 12.8. The minimum atomic E-state index is 0.461. The number of nitrogen functional groups attached to an aromatic ring is 2. The summed E-state index contributed by atoms with van der Waals surface area (Å²) in [5, 5.41) is 0. The molecule has 0 aliphatic rings. The van der Waals surface area contributed by atoms with Crippen molar-refractivity contribution in [1.29, 1.82) is 0 Å². The standard InChI is InChI=1S/C56H84N2/c1-3-5-7-9-11-17-21-25-29-55(51-39-43-53(57)44-40-51)49-35-31-47(32-36-49)27-23-19-15-13-14-16-20-24-28-48-33-37-50(38-34-48)56(52-41-45-54(58)46-42-52)30-26-22-18-12-10-8-6-4-2/h31-46,55-56H,3-30,57-58H2,1-2H3. The van der Waals surface area contributed by atoms with E-state index in [1.165, 1.54) is 213 Å². The molecule has 2 unspecified atom stereocenters. The van der Waals surface area contributed by atoms with Crippen LogP contribution in [0.5, 0.6) is 0 Å². The molecule has 4 aromatic rings. The molecule has 4 rings (SSSR count). The summed E-state index contributed by atoms with van der Waals surface area (Å²) in [7, 11) is 0. The molecular formula is C56H84N2. The van der Waals surface area contributed by atoms with E-state index in [0.29, 0.717) is 11.8 Å². The van der Waals surface area contributed by atoms with Gasteiger partial charge in [-0.1, -0.05) is 228 Å². The normalized spacial score (nSPS) is 12.5. The molecule has 4 aromatic carbocycles. The maximum absolute atomic E-state index is 6.05. The van der Waals surface area contributed by atoms with Gasteiger partial charge in [-0.15, -0.1) is 0 Å². The number of nitrogens with two attached hydrogens (primary N) is 2. The van der Waals surface area contributed by atoms with Gasteiger partial charge in [0.2, 0.25) is 0 Å². The SMILES string of the molecule is CCCCCCCCCCC(c1ccc(N)cc1)c1ccc(CCCCCCCCCCc2ccc(C(CCCCCCCCCC)c3ccc(N)cc3)cc2)cc1. The molecule has 0 spiro atoms. The molecule has 58 heavy (non-hydrogen) atoms. The highest BCUT2D eigenvalue weighted by molar-refractivity contribution is 5.44. The van der Waals surface area contributed by atoms with E-state index >= 15 is 0 Å². The maximum atomic E-state index is 6.05. The highest BCUT2D eigenvalue weighted by Crippen LogP contribution is 2.33. The lowest BCUT2D eigenvalue weighted by Crippen LogP contribution is -2.02. The zero-order valence-corrected chi connectivity index (χ0v) is 37.3. The predicted octanol–water partition coefficient (Wildman–Crippen LogP) is 17.1. The van der Waals surface area contributed by atoms with Crippen molar-refractivity contribution < 1.29 is 0 Å². The Bertz CT molecular complexity index is 1430. The summed E-state index contributed by atoms with van der Waals surface area (Å²) in [6.45, 7) is 4.59. The molecule has 0 aliphatic carbocycles. The van der Waals surface area contributed by atoms with E-state index in [-0.39, 0.29) is 0 Å². The molecule has 0 bridgehead atoms. The van der Waals surface area contributed by atoms with Crippen LogP contribution in [0.3, 0.4) is 0 Å². The summed E-state index contributed by atoms with van der Waals surface area (Å²) in [5.41, 5.74) is 22.5. The molecule has 0 radical (unpaired) electrons. The van der Waals surface area contributed by atoms with Gasteiger partial charge in [-0.05, 0) is 96.2 Å². The Hall–Kier alpha value is -3.52. The molecule has 0 aliphatic heterocycles. The monoisotopic (exact) mass is 785 g/mol. The number of hydrogen-bond acceptors (Lipinski definition) is 2. The Kier molecular flexibility index (Phi) is 24.1. The molecule has 2 nitrogen and oxygen atoms in total. The molecule has 0 saturated heterocycles. The van der Waals surface area contributed by atoms with Gasteiger partial charge in [0.1, 0.15) is 0 Å². The van der Waals surface area contributed by atoms with Crippen LogP contribution in [0.1, 0.15) is 226 Å². The first-order valence-corrected chi connectivity index (χ1v) is 24.5. The van der Waals surface area contributed by atoms with E-state index in [1.54, 1.807) is 0 Å². The number of rotatable bonds is 33. The van der Waals surface area contributed by atoms with Crippen LogP contribution in [0.25, 0.3) is 0 Å². The first-order valence-electron chi connectivity index (χ1n) is 24.5. The molecule has 0 heterocycles. The Morgan fingerprint density at radius 1 is 0.293 bits per heavy atom. The van der Waals surface area contributed by atoms with Crippen LogP contribution in [0.2, 0.25) is 0 Å². The first-order chi connectivity index (χ1) is 28.6. The van der Waals surface area contributed by atoms with Crippen molar-refractivity contribution in [2.75, 3.05) is 11.5 Å². The minimum absolute atomic E-state index is 0.461. The second kappa shape index (κ2) is 29.7. The van der Waals surface area contributed by atoms with Gasteiger partial charge in [-0.2, -0.15) is 0 Å². The van der Waals surface area contributed by atoms with Crippen LogP contribution in [-0.2, 0) is 12.8 Å². The van der Waals surface area contributed by atoms with Crippen molar-refractivity contribution in [2.45, 2.75) is 205 Å². The van der Waals surface area contributed by atoms with E-state index in [2.05, 4.69) is 111 Å². The van der Waals surface area contributed by atoms with Gasteiger partial charge >= 0.3 is 0 Å². The second-order valence-electron chi connectivity index (χ2n) is 17.8. The lowest BCUT2D eigenvalue weighted by atomic mass is 9.86.